The molecule has 7 heteroatoms. The van der Waals surface area contributed by atoms with Gasteiger partial charge in [-0.25, -0.2) is 4.79 Å². The first-order valence-corrected chi connectivity index (χ1v) is 5.61. The van der Waals surface area contributed by atoms with Gasteiger partial charge >= 0.3 is 12.1 Å². The molecule has 0 saturated heterocycles. The largest absolute Gasteiger partial charge is 0.481 e. The van der Waals surface area contributed by atoms with Gasteiger partial charge < -0.3 is 14.8 Å². The second kappa shape index (κ2) is 5.55. The number of carbonyl (C=O) groups is 2. The van der Waals surface area contributed by atoms with Gasteiger partial charge in [-0.05, 0) is 32.4 Å². The van der Waals surface area contributed by atoms with Crippen molar-refractivity contribution < 1.29 is 19.4 Å². The van der Waals surface area contributed by atoms with E-state index in [1.165, 1.54) is 12.3 Å². The molecule has 0 bridgehead atoms. The van der Waals surface area contributed by atoms with Crippen LogP contribution in [0.15, 0.2) is 17.1 Å². The number of amides is 1. The number of aromatic amines is 1. The molecule has 0 aromatic carbocycles. The maximum Gasteiger partial charge on any atom is 0.412 e. The van der Waals surface area contributed by atoms with E-state index in [0.29, 0.717) is 0 Å². The molecule has 19 heavy (non-hydrogen) atoms. The summed E-state index contributed by atoms with van der Waals surface area (Å²) in [6.45, 7) is 5.04. The smallest absolute Gasteiger partial charge is 0.412 e. The Morgan fingerprint density at radius 3 is 2.58 bits per heavy atom. The van der Waals surface area contributed by atoms with Gasteiger partial charge in [-0.3, -0.25) is 14.9 Å². The van der Waals surface area contributed by atoms with Crippen LogP contribution in [0.1, 0.15) is 26.3 Å². The highest BCUT2D eigenvalue weighted by atomic mass is 16.6. The monoisotopic (exact) mass is 268 g/mol. The van der Waals surface area contributed by atoms with Gasteiger partial charge in [0.1, 0.15) is 11.3 Å². The Balaban J connectivity index is 2.97. The second-order valence-electron chi connectivity index (χ2n) is 4.90. The summed E-state index contributed by atoms with van der Waals surface area (Å²) < 4.78 is 5.01. The lowest BCUT2D eigenvalue weighted by molar-refractivity contribution is -0.136. The number of aliphatic carboxylic acids is 1. The summed E-state index contributed by atoms with van der Waals surface area (Å²) in [5.41, 5.74) is -1.19. The molecule has 0 fully saturated rings. The lowest BCUT2D eigenvalue weighted by Crippen LogP contribution is -2.30. The summed E-state index contributed by atoms with van der Waals surface area (Å²) in [6, 6.07) is 1.42. The highest BCUT2D eigenvalue weighted by Crippen LogP contribution is 2.13. The number of ether oxygens (including phenoxy) is 1. The van der Waals surface area contributed by atoms with Gasteiger partial charge in [-0.2, -0.15) is 0 Å². The van der Waals surface area contributed by atoms with Crippen molar-refractivity contribution in [2.75, 3.05) is 5.32 Å². The van der Waals surface area contributed by atoms with Gasteiger partial charge in [0.15, 0.2) is 0 Å². The van der Waals surface area contributed by atoms with Crippen LogP contribution in [0.4, 0.5) is 10.5 Å². The lowest BCUT2D eigenvalue weighted by atomic mass is 10.1. The SMILES string of the molecule is CC(C)(C)OC(=O)Nc1c(CC(=O)O)cc[nH]c1=O. The number of anilines is 1. The van der Waals surface area contributed by atoms with E-state index in [4.69, 9.17) is 9.84 Å². The number of hydrogen-bond donors (Lipinski definition) is 3. The first kappa shape index (κ1) is 14.7. The molecule has 0 aliphatic rings. The molecule has 0 spiro atoms. The predicted molar refractivity (Wildman–Crippen MR) is 68.3 cm³/mol. The Labute approximate surface area is 109 Å². The van der Waals surface area contributed by atoms with E-state index in [1.807, 2.05) is 0 Å². The zero-order valence-electron chi connectivity index (χ0n) is 10.9. The van der Waals surface area contributed by atoms with Crippen LogP contribution in [0.5, 0.6) is 0 Å². The number of carboxylic acid groups (broad SMARTS) is 1. The third-order valence-electron chi connectivity index (χ3n) is 2.01. The quantitative estimate of drug-likeness (QED) is 0.766. The van der Waals surface area contributed by atoms with Gasteiger partial charge in [-0.15, -0.1) is 0 Å². The van der Waals surface area contributed by atoms with Crippen molar-refractivity contribution in [3.63, 3.8) is 0 Å². The molecule has 1 rings (SSSR count). The minimum atomic E-state index is -1.10. The van der Waals surface area contributed by atoms with Crippen molar-refractivity contribution in [3.8, 4) is 0 Å². The summed E-state index contributed by atoms with van der Waals surface area (Å²) in [7, 11) is 0. The van der Waals surface area contributed by atoms with Gasteiger partial charge in [0.05, 0.1) is 6.42 Å². The van der Waals surface area contributed by atoms with Gasteiger partial charge in [0.2, 0.25) is 0 Å². The van der Waals surface area contributed by atoms with Gasteiger partial charge in [0.25, 0.3) is 5.56 Å². The van der Waals surface area contributed by atoms with E-state index in [-0.39, 0.29) is 17.7 Å². The molecular weight excluding hydrogens is 252 g/mol. The molecule has 1 aromatic heterocycles. The minimum Gasteiger partial charge on any atom is -0.481 e. The Kier molecular flexibility index (Phi) is 4.31. The van der Waals surface area contributed by atoms with E-state index in [0.717, 1.165) is 0 Å². The van der Waals surface area contributed by atoms with Crippen LogP contribution in [-0.2, 0) is 16.0 Å². The summed E-state index contributed by atoms with van der Waals surface area (Å²) in [4.78, 5) is 36.2. The standard InChI is InChI=1S/C12H16N2O5/c1-12(2,3)19-11(18)14-9-7(6-8(15)16)4-5-13-10(9)17/h4-5H,6H2,1-3H3,(H,13,17)(H,14,18)(H,15,16). The van der Waals surface area contributed by atoms with Crippen LogP contribution in [0.2, 0.25) is 0 Å². The van der Waals surface area contributed by atoms with E-state index >= 15 is 0 Å². The third kappa shape index (κ3) is 4.82. The van der Waals surface area contributed by atoms with Crippen LogP contribution < -0.4 is 10.9 Å². The molecule has 7 nitrogen and oxygen atoms in total. The molecule has 0 unspecified atom stereocenters. The highest BCUT2D eigenvalue weighted by Gasteiger charge is 2.19. The van der Waals surface area contributed by atoms with Crippen molar-refractivity contribution in [1.29, 1.82) is 0 Å². The zero-order valence-corrected chi connectivity index (χ0v) is 10.9. The number of nitrogens with one attached hydrogen (secondary N) is 2. The van der Waals surface area contributed by atoms with Crippen molar-refractivity contribution >= 4 is 17.7 Å². The van der Waals surface area contributed by atoms with E-state index in [9.17, 15) is 14.4 Å². The Bertz CT molecular complexity index is 542. The van der Waals surface area contributed by atoms with Crippen LogP contribution >= 0.6 is 0 Å². The molecule has 0 aliphatic heterocycles. The molecule has 1 aromatic rings. The Hall–Kier alpha value is -2.31. The van der Waals surface area contributed by atoms with Crippen LogP contribution in [-0.4, -0.2) is 27.8 Å². The average Bonchev–Trinajstić information content (AvgIpc) is 2.19. The fraction of sp³-hybridized carbons (Fsp3) is 0.417. The van der Waals surface area contributed by atoms with Crippen molar-refractivity contribution in [3.05, 3.63) is 28.2 Å². The minimum absolute atomic E-state index is 0.112. The topological polar surface area (TPSA) is 108 Å². The summed E-state index contributed by atoms with van der Waals surface area (Å²) in [5, 5.41) is 11.0. The van der Waals surface area contributed by atoms with Crippen molar-refractivity contribution in [2.45, 2.75) is 32.8 Å². The number of pyridine rings is 1. The summed E-state index contributed by atoms with van der Waals surface area (Å²) in [6.07, 6.45) is 0.145. The van der Waals surface area contributed by atoms with Gasteiger partial charge in [-0.1, -0.05) is 0 Å². The number of hydrogen-bond acceptors (Lipinski definition) is 4. The predicted octanol–water partition coefficient (Wildman–Crippen LogP) is 1.35. The van der Waals surface area contributed by atoms with E-state index < -0.39 is 23.2 Å². The Morgan fingerprint density at radius 1 is 1.42 bits per heavy atom. The molecule has 0 radical (unpaired) electrons. The lowest BCUT2D eigenvalue weighted by Gasteiger charge is -2.20. The molecule has 1 amide bonds. The van der Waals surface area contributed by atoms with Crippen LogP contribution in [0.25, 0.3) is 0 Å². The fourth-order valence-electron chi connectivity index (χ4n) is 1.37. The molecule has 1 heterocycles. The third-order valence-corrected chi connectivity index (χ3v) is 2.01. The van der Waals surface area contributed by atoms with Crippen molar-refractivity contribution in [1.82, 2.24) is 4.98 Å². The molecule has 0 saturated carbocycles. The maximum absolute atomic E-state index is 11.6. The molecule has 0 aliphatic carbocycles. The van der Waals surface area contributed by atoms with Crippen LogP contribution in [0, 0.1) is 0 Å². The Morgan fingerprint density at radius 2 is 2.05 bits per heavy atom. The molecule has 3 N–H and O–H groups in total. The number of rotatable bonds is 3. The average molecular weight is 268 g/mol. The molecule has 0 atom stereocenters. The highest BCUT2D eigenvalue weighted by molar-refractivity contribution is 5.86. The summed E-state index contributed by atoms with van der Waals surface area (Å²) >= 11 is 0. The van der Waals surface area contributed by atoms with E-state index in [2.05, 4.69) is 10.3 Å². The first-order valence-electron chi connectivity index (χ1n) is 5.61. The maximum atomic E-state index is 11.6. The molecule has 104 valence electrons. The number of carboxylic acids is 1. The first-order chi connectivity index (χ1) is 8.69. The van der Waals surface area contributed by atoms with Crippen LogP contribution in [0.3, 0.4) is 0 Å². The number of carbonyl (C=O) groups excluding carboxylic acids is 1. The van der Waals surface area contributed by atoms with Gasteiger partial charge in [0, 0.05) is 6.20 Å². The normalized spacial score (nSPS) is 10.9. The number of aromatic nitrogens is 1. The zero-order chi connectivity index (χ0) is 14.6. The second-order valence-corrected chi connectivity index (χ2v) is 4.90. The number of H-pyrrole nitrogens is 1. The summed E-state index contributed by atoms with van der Waals surface area (Å²) in [5.74, 6) is -1.10. The van der Waals surface area contributed by atoms with Crippen molar-refractivity contribution in [2.24, 2.45) is 0 Å². The molecular formula is C12H16N2O5. The van der Waals surface area contributed by atoms with E-state index in [1.54, 1.807) is 20.8 Å². The fourth-order valence-corrected chi connectivity index (χ4v) is 1.37.